The van der Waals surface area contributed by atoms with Gasteiger partial charge in [0.2, 0.25) is 0 Å². The van der Waals surface area contributed by atoms with E-state index in [0.717, 1.165) is 12.1 Å². The van der Waals surface area contributed by atoms with Gasteiger partial charge in [0.15, 0.2) is 0 Å². The molecule has 9 heteroatoms. The second-order valence-electron chi connectivity index (χ2n) is 7.05. The van der Waals surface area contributed by atoms with Crippen LogP contribution < -0.4 is 10.2 Å². The van der Waals surface area contributed by atoms with Crippen molar-refractivity contribution in [1.82, 2.24) is 10.3 Å². The lowest BCUT2D eigenvalue weighted by Crippen LogP contribution is -2.45. The van der Waals surface area contributed by atoms with Crippen LogP contribution in [-0.4, -0.2) is 36.2 Å². The summed E-state index contributed by atoms with van der Waals surface area (Å²) in [5.74, 6) is -0.856. The van der Waals surface area contributed by atoms with E-state index < -0.39 is 23.5 Å². The normalized spacial score (nSPS) is 19.9. The Labute approximate surface area is 165 Å². The summed E-state index contributed by atoms with van der Waals surface area (Å²) in [5, 5.41) is 2.43. The number of carbonyl (C=O) groups excluding carboxylic acids is 1. The number of nitrogens with one attached hydrogen (secondary N) is 1. The molecule has 1 aromatic heterocycles. The SMILES string of the molecule is CC1CN(c2ccc(C(=O)NCc3ccc(F)cc3C(F)(F)F)cn2)CC(C)O1. The molecular formula is C20H21F4N3O2. The van der Waals surface area contributed by atoms with E-state index in [9.17, 15) is 22.4 Å². The maximum absolute atomic E-state index is 13.2. The van der Waals surface area contributed by atoms with Crippen LogP contribution in [0.5, 0.6) is 0 Å². The number of aromatic nitrogens is 1. The Hall–Kier alpha value is -2.68. The van der Waals surface area contributed by atoms with Gasteiger partial charge in [-0.1, -0.05) is 6.07 Å². The molecule has 0 saturated carbocycles. The molecule has 0 spiro atoms. The van der Waals surface area contributed by atoms with Crippen molar-refractivity contribution in [3.8, 4) is 0 Å². The Bertz CT molecular complexity index is 861. The summed E-state index contributed by atoms with van der Waals surface area (Å²) >= 11 is 0. The second-order valence-corrected chi connectivity index (χ2v) is 7.05. The lowest BCUT2D eigenvalue weighted by atomic mass is 10.1. The summed E-state index contributed by atoms with van der Waals surface area (Å²) in [6, 6.07) is 5.62. The van der Waals surface area contributed by atoms with Gasteiger partial charge in [-0.15, -0.1) is 0 Å². The van der Waals surface area contributed by atoms with Crippen molar-refractivity contribution in [2.45, 2.75) is 38.8 Å². The molecule has 0 bridgehead atoms. The number of hydrogen-bond acceptors (Lipinski definition) is 4. The molecular weight excluding hydrogens is 390 g/mol. The number of carbonyl (C=O) groups is 1. The van der Waals surface area contributed by atoms with Crippen molar-refractivity contribution < 1.29 is 27.1 Å². The van der Waals surface area contributed by atoms with E-state index in [-0.39, 0.29) is 29.9 Å². The fourth-order valence-corrected chi connectivity index (χ4v) is 3.32. The molecule has 2 aromatic rings. The minimum absolute atomic E-state index is 0.0575. The van der Waals surface area contributed by atoms with Gasteiger partial charge in [0.25, 0.3) is 5.91 Å². The average Bonchev–Trinajstić information content (AvgIpc) is 2.65. The number of halogens is 4. The number of anilines is 1. The lowest BCUT2D eigenvalue weighted by molar-refractivity contribution is -0.138. The first-order chi connectivity index (χ1) is 13.6. The van der Waals surface area contributed by atoms with E-state index in [1.54, 1.807) is 12.1 Å². The molecule has 1 amide bonds. The van der Waals surface area contributed by atoms with Gasteiger partial charge in [-0.2, -0.15) is 13.2 Å². The summed E-state index contributed by atoms with van der Waals surface area (Å²) in [4.78, 5) is 18.6. The molecule has 1 aliphatic heterocycles. The Kier molecular flexibility index (Phi) is 6.07. The number of nitrogens with zero attached hydrogens (tertiary/aromatic N) is 2. The van der Waals surface area contributed by atoms with Gasteiger partial charge >= 0.3 is 6.18 Å². The fourth-order valence-electron chi connectivity index (χ4n) is 3.32. The van der Waals surface area contributed by atoms with Crippen LogP contribution >= 0.6 is 0 Å². The van der Waals surface area contributed by atoms with Crippen LogP contribution in [0.2, 0.25) is 0 Å². The zero-order valence-electron chi connectivity index (χ0n) is 16.0. The van der Waals surface area contributed by atoms with Crippen molar-refractivity contribution in [2.24, 2.45) is 0 Å². The maximum atomic E-state index is 13.2. The fraction of sp³-hybridized carbons (Fsp3) is 0.400. The minimum atomic E-state index is -4.71. The third kappa shape index (κ3) is 5.23. The van der Waals surface area contributed by atoms with Crippen molar-refractivity contribution in [3.05, 3.63) is 59.0 Å². The van der Waals surface area contributed by atoms with Crippen LogP contribution in [0.1, 0.15) is 35.3 Å². The zero-order chi connectivity index (χ0) is 21.2. The summed E-state index contributed by atoms with van der Waals surface area (Å²) in [6.07, 6.45) is -3.22. The van der Waals surface area contributed by atoms with Crippen LogP contribution in [0.25, 0.3) is 0 Å². The number of alkyl halides is 3. The second kappa shape index (κ2) is 8.36. The molecule has 1 saturated heterocycles. The number of ether oxygens (including phenoxy) is 1. The first-order valence-electron chi connectivity index (χ1n) is 9.14. The highest BCUT2D eigenvalue weighted by Gasteiger charge is 2.33. The van der Waals surface area contributed by atoms with Gasteiger partial charge < -0.3 is 15.0 Å². The van der Waals surface area contributed by atoms with E-state index in [2.05, 4.69) is 15.2 Å². The molecule has 2 heterocycles. The van der Waals surface area contributed by atoms with Crippen molar-refractivity contribution >= 4 is 11.7 Å². The Morgan fingerprint density at radius 2 is 1.90 bits per heavy atom. The van der Waals surface area contributed by atoms with Crippen LogP contribution in [0.15, 0.2) is 36.5 Å². The van der Waals surface area contributed by atoms with Crippen molar-refractivity contribution in [3.63, 3.8) is 0 Å². The van der Waals surface area contributed by atoms with E-state index in [4.69, 9.17) is 4.74 Å². The van der Waals surface area contributed by atoms with E-state index in [1.165, 1.54) is 6.20 Å². The van der Waals surface area contributed by atoms with Crippen LogP contribution in [0, 0.1) is 5.82 Å². The highest BCUT2D eigenvalue weighted by atomic mass is 19.4. The first kappa shape index (κ1) is 21.0. The van der Waals surface area contributed by atoms with Gasteiger partial charge in [0.1, 0.15) is 11.6 Å². The number of pyridine rings is 1. The summed E-state index contributed by atoms with van der Waals surface area (Å²) in [5.41, 5.74) is -1.10. The molecule has 3 rings (SSSR count). The lowest BCUT2D eigenvalue weighted by Gasteiger charge is -2.36. The summed E-state index contributed by atoms with van der Waals surface area (Å²) < 4.78 is 58.0. The van der Waals surface area contributed by atoms with E-state index in [0.29, 0.717) is 25.0 Å². The number of benzene rings is 1. The van der Waals surface area contributed by atoms with E-state index in [1.807, 2.05) is 13.8 Å². The topological polar surface area (TPSA) is 54.5 Å². The van der Waals surface area contributed by atoms with Gasteiger partial charge in [-0.3, -0.25) is 4.79 Å². The van der Waals surface area contributed by atoms with Gasteiger partial charge in [-0.25, -0.2) is 9.37 Å². The smallest absolute Gasteiger partial charge is 0.372 e. The minimum Gasteiger partial charge on any atom is -0.372 e. The van der Waals surface area contributed by atoms with Crippen LogP contribution in [0.4, 0.5) is 23.4 Å². The van der Waals surface area contributed by atoms with Crippen molar-refractivity contribution in [2.75, 3.05) is 18.0 Å². The largest absolute Gasteiger partial charge is 0.416 e. The molecule has 1 N–H and O–H groups in total. The molecule has 156 valence electrons. The third-order valence-corrected chi connectivity index (χ3v) is 4.57. The monoisotopic (exact) mass is 411 g/mol. The predicted molar refractivity (Wildman–Crippen MR) is 99.0 cm³/mol. The number of hydrogen-bond donors (Lipinski definition) is 1. The van der Waals surface area contributed by atoms with Gasteiger partial charge in [0.05, 0.1) is 23.3 Å². The molecule has 1 aromatic carbocycles. The molecule has 2 atom stereocenters. The quantitative estimate of drug-likeness (QED) is 0.778. The molecule has 1 aliphatic rings. The molecule has 29 heavy (non-hydrogen) atoms. The number of amides is 1. The summed E-state index contributed by atoms with van der Waals surface area (Å²) in [7, 11) is 0. The Morgan fingerprint density at radius 1 is 1.21 bits per heavy atom. The van der Waals surface area contributed by atoms with Crippen molar-refractivity contribution in [1.29, 1.82) is 0 Å². The molecule has 5 nitrogen and oxygen atoms in total. The van der Waals surface area contributed by atoms with Gasteiger partial charge in [-0.05, 0) is 43.7 Å². The first-order valence-corrected chi connectivity index (χ1v) is 9.14. The van der Waals surface area contributed by atoms with Crippen LogP contribution in [0.3, 0.4) is 0 Å². The molecule has 2 unspecified atom stereocenters. The maximum Gasteiger partial charge on any atom is 0.416 e. The van der Waals surface area contributed by atoms with Crippen LogP contribution in [-0.2, 0) is 17.5 Å². The standard InChI is InChI=1S/C20H21F4N3O2/c1-12-10-27(11-13(2)29-12)18-6-4-15(9-25-18)19(28)26-8-14-3-5-16(21)7-17(14)20(22,23)24/h3-7,9,12-13H,8,10-11H2,1-2H3,(H,26,28). The average molecular weight is 411 g/mol. The third-order valence-electron chi connectivity index (χ3n) is 4.57. The molecule has 0 aliphatic carbocycles. The number of morpholine rings is 1. The number of rotatable bonds is 4. The summed E-state index contributed by atoms with van der Waals surface area (Å²) in [6.45, 7) is 4.90. The Morgan fingerprint density at radius 3 is 2.48 bits per heavy atom. The molecule has 1 fully saturated rings. The highest BCUT2D eigenvalue weighted by Crippen LogP contribution is 2.32. The molecule has 0 radical (unpaired) electrons. The Balaban J connectivity index is 1.66. The highest BCUT2D eigenvalue weighted by molar-refractivity contribution is 5.94. The van der Waals surface area contributed by atoms with E-state index >= 15 is 0 Å². The predicted octanol–water partition coefficient (Wildman–Crippen LogP) is 3.78. The zero-order valence-corrected chi connectivity index (χ0v) is 16.0. The van der Waals surface area contributed by atoms with Gasteiger partial charge in [0, 0.05) is 25.8 Å².